The molecule has 0 spiro atoms. The molecule has 19 heavy (non-hydrogen) atoms. The number of ether oxygens (including phenoxy) is 1. The molecule has 7 heteroatoms. The first kappa shape index (κ1) is 13.5. The van der Waals surface area contributed by atoms with Crippen molar-refractivity contribution in [2.75, 3.05) is 25.2 Å². The Morgan fingerprint density at radius 1 is 1.47 bits per heavy atom. The van der Waals surface area contributed by atoms with Crippen molar-refractivity contribution in [3.8, 4) is 0 Å². The van der Waals surface area contributed by atoms with Gasteiger partial charge in [-0.15, -0.1) is 0 Å². The van der Waals surface area contributed by atoms with E-state index >= 15 is 0 Å². The van der Waals surface area contributed by atoms with Crippen molar-refractivity contribution in [3.63, 3.8) is 0 Å². The molecule has 0 bridgehead atoms. The predicted octanol–water partition coefficient (Wildman–Crippen LogP) is 0.495. The summed E-state index contributed by atoms with van der Waals surface area (Å²) in [4.78, 5) is 10.8. The number of oxime groups is 1. The molecular formula is C12H19N5O2. The molecule has 7 nitrogen and oxygen atoms in total. The Kier molecular flexibility index (Phi) is 4.16. The van der Waals surface area contributed by atoms with E-state index in [1.54, 1.807) is 6.07 Å². The molecule has 0 atom stereocenters. The molecule has 1 aliphatic rings. The number of amidine groups is 1. The van der Waals surface area contributed by atoms with Gasteiger partial charge in [0.05, 0.1) is 0 Å². The summed E-state index contributed by atoms with van der Waals surface area (Å²) in [6, 6.07) is 2.05. The average Bonchev–Trinajstić information content (AvgIpc) is 2.45. The minimum Gasteiger partial charge on any atom is -0.409 e. The van der Waals surface area contributed by atoms with Gasteiger partial charge in [0.25, 0.3) is 0 Å². The first-order valence-electron chi connectivity index (χ1n) is 6.26. The summed E-state index contributed by atoms with van der Waals surface area (Å²) in [6.45, 7) is 3.37. The van der Waals surface area contributed by atoms with E-state index in [9.17, 15) is 0 Å². The molecule has 1 aliphatic heterocycles. The van der Waals surface area contributed by atoms with Crippen molar-refractivity contribution in [3.05, 3.63) is 17.5 Å². The minimum atomic E-state index is -0.00729. The Bertz CT molecular complexity index is 471. The lowest BCUT2D eigenvalue weighted by Crippen LogP contribution is -2.38. The molecule has 0 saturated carbocycles. The van der Waals surface area contributed by atoms with Gasteiger partial charge >= 0.3 is 0 Å². The van der Waals surface area contributed by atoms with Crippen molar-refractivity contribution in [2.24, 2.45) is 10.9 Å². The van der Waals surface area contributed by atoms with E-state index < -0.39 is 0 Å². The summed E-state index contributed by atoms with van der Waals surface area (Å²) < 4.78 is 5.35. The van der Waals surface area contributed by atoms with Crippen LogP contribution in [0.1, 0.15) is 24.2 Å². The Labute approximate surface area is 112 Å². The van der Waals surface area contributed by atoms with E-state index in [4.69, 9.17) is 15.7 Å². The van der Waals surface area contributed by atoms with E-state index in [-0.39, 0.29) is 5.84 Å². The minimum absolute atomic E-state index is 0.00729. The second-order valence-corrected chi connectivity index (χ2v) is 4.63. The third kappa shape index (κ3) is 3.11. The van der Waals surface area contributed by atoms with E-state index in [1.165, 1.54) is 0 Å². The van der Waals surface area contributed by atoms with Crippen LogP contribution in [-0.2, 0) is 4.74 Å². The maximum atomic E-state index is 8.73. The highest BCUT2D eigenvalue weighted by Crippen LogP contribution is 2.18. The van der Waals surface area contributed by atoms with Gasteiger partial charge in [0.2, 0.25) is 5.95 Å². The van der Waals surface area contributed by atoms with Crippen molar-refractivity contribution < 1.29 is 9.94 Å². The fourth-order valence-corrected chi connectivity index (χ4v) is 2.13. The third-order valence-corrected chi connectivity index (χ3v) is 3.27. The molecule has 3 N–H and O–H groups in total. The summed E-state index contributed by atoms with van der Waals surface area (Å²) >= 11 is 0. The Balaban J connectivity index is 2.25. The quantitative estimate of drug-likeness (QED) is 0.357. The van der Waals surface area contributed by atoms with Crippen LogP contribution in [0.25, 0.3) is 0 Å². The average molecular weight is 265 g/mol. The van der Waals surface area contributed by atoms with Gasteiger partial charge in [-0.2, -0.15) is 0 Å². The van der Waals surface area contributed by atoms with Crippen LogP contribution >= 0.6 is 0 Å². The lowest BCUT2D eigenvalue weighted by molar-refractivity contribution is 0.0852. The van der Waals surface area contributed by atoms with Gasteiger partial charge in [-0.05, 0) is 25.8 Å². The highest BCUT2D eigenvalue weighted by Gasteiger charge is 2.21. The summed E-state index contributed by atoms with van der Waals surface area (Å²) in [6.07, 6.45) is 1.90. The van der Waals surface area contributed by atoms with Gasteiger partial charge in [-0.1, -0.05) is 5.16 Å². The molecule has 0 aromatic carbocycles. The predicted molar refractivity (Wildman–Crippen MR) is 71.5 cm³/mol. The molecule has 0 aliphatic carbocycles. The number of aryl methyl sites for hydroxylation is 1. The van der Waals surface area contributed by atoms with Crippen LogP contribution in [0.4, 0.5) is 5.95 Å². The molecule has 2 rings (SSSR count). The number of nitrogens with zero attached hydrogens (tertiary/aromatic N) is 4. The number of hydrogen-bond donors (Lipinski definition) is 2. The van der Waals surface area contributed by atoms with Gasteiger partial charge in [0.15, 0.2) is 5.84 Å². The SMILES string of the molecule is Cc1cc(/C(N)=N/O)nc(N(C)C2CCOCC2)n1. The number of nitrogens with two attached hydrogens (primary N) is 1. The summed E-state index contributed by atoms with van der Waals surface area (Å²) in [7, 11) is 1.96. The molecule has 1 aromatic rings. The molecule has 0 amide bonds. The number of anilines is 1. The summed E-state index contributed by atoms with van der Waals surface area (Å²) in [5, 5.41) is 11.7. The molecule has 0 radical (unpaired) electrons. The van der Waals surface area contributed by atoms with Crippen LogP contribution in [0.3, 0.4) is 0 Å². The van der Waals surface area contributed by atoms with E-state index in [1.807, 2.05) is 18.9 Å². The van der Waals surface area contributed by atoms with Crippen molar-refractivity contribution in [1.29, 1.82) is 0 Å². The highest BCUT2D eigenvalue weighted by atomic mass is 16.5. The maximum absolute atomic E-state index is 8.73. The number of hydrogen-bond acceptors (Lipinski definition) is 6. The van der Waals surface area contributed by atoms with Crippen LogP contribution in [-0.4, -0.2) is 47.3 Å². The fraction of sp³-hybridized carbons (Fsp3) is 0.583. The zero-order valence-electron chi connectivity index (χ0n) is 11.2. The van der Waals surface area contributed by atoms with Crippen LogP contribution < -0.4 is 10.6 Å². The van der Waals surface area contributed by atoms with Crippen LogP contribution in [0.2, 0.25) is 0 Å². The van der Waals surface area contributed by atoms with Crippen molar-refractivity contribution in [1.82, 2.24) is 9.97 Å². The number of aromatic nitrogens is 2. The van der Waals surface area contributed by atoms with E-state index in [0.717, 1.165) is 31.7 Å². The maximum Gasteiger partial charge on any atom is 0.226 e. The van der Waals surface area contributed by atoms with E-state index in [0.29, 0.717) is 17.7 Å². The monoisotopic (exact) mass is 265 g/mol. The Hall–Kier alpha value is -1.89. The van der Waals surface area contributed by atoms with Crippen molar-refractivity contribution in [2.45, 2.75) is 25.8 Å². The normalized spacial score (nSPS) is 17.5. The smallest absolute Gasteiger partial charge is 0.226 e. The second-order valence-electron chi connectivity index (χ2n) is 4.63. The third-order valence-electron chi connectivity index (χ3n) is 3.27. The van der Waals surface area contributed by atoms with E-state index in [2.05, 4.69) is 15.1 Å². The molecule has 104 valence electrons. The van der Waals surface area contributed by atoms with Gasteiger partial charge in [0.1, 0.15) is 5.69 Å². The Morgan fingerprint density at radius 3 is 2.79 bits per heavy atom. The molecule has 2 heterocycles. The molecule has 1 saturated heterocycles. The first-order chi connectivity index (χ1) is 9.11. The highest BCUT2D eigenvalue weighted by molar-refractivity contribution is 5.95. The van der Waals surface area contributed by atoms with Crippen LogP contribution in [0.5, 0.6) is 0 Å². The number of rotatable bonds is 3. The second kappa shape index (κ2) is 5.83. The summed E-state index contributed by atoms with van der Waals surface area (Å²) in [5.41, 5.74) is 6.80. The molecule has 1 fully saturated rings. The Morgan fingerprint density at radius 2 is 2.16 bits per heavy atom. The molecule has 1 aromatic heterocycles. The first-order valence-corrected chi connectivity index (χ1v) is 6.26. The van der Waals surface area contributed by atoms with Gasteiger partial charge < -0.3 is 20.6 Å². The zero-order chi connectivity index (χ0) is 13.8. The van der Waals surface area contributed by atoms with Crippen LogP contribution in [0, 0.1) is 6.92 Å². The summed E-state index contributed by atoms with van der Waals surface area (Å²) in [5.74, 6) is 0.584. The largest absolute Gasteiger partial charge is 0.409 e. The lowest BCUT2D eigenvalue weighted by atomic mass is 10.1. The standard InChI is InChI=1S/C12H19N5O2/c1-8-7-10(11(13)16-18)15-12(14-8)17(2)9-3-5-19-6-4-9/h7,9,18H,3-6H2,1-2H3,(H2,13,16). The van der Waals surface area contributed by atoms with Crippen molar-refractivity contribution >= 4 is 11.8 Å². The van der Waals surface area contributed by atoms with Gasteiger partial charge in [0, 0.05) is 32.0 Å². The molecule has 0 unspecified atom stereocenters. The van der Waals surface area contributed by atoms with Crippen LogP contribution in [0.15, 0.2) is 11.2 Å². The topological polar surface area (TPSA) is 96.9 Å². The zero-order valence-corrected chi connectivity index (χ0v) is 11.2. The van der Waals surface area contributed by atoms with Gasteiger partial charge in [-0.25, -0.2) is 9.97 Å². The lowest BCUT2D eigenvalue weighted by Gasteiger charge is -2.31. The fourth-order valence-electron chi connectivity index (χ4n) is 2.13. The molecular weight excluding hydrogens is 246 g/mol. The van der Waals surface area contributed by atoms with Gasteiger partial charge in [-0.3, -0.25) is 0 Å².